The summed E-state index contributed by atoms with van der Waals surface area (Å²) in [6, 6.07) is 8.79. The molecule has 1 atom stereocenters. The van der Waals surface area contributed by atoms with Gasteiger partial charge in [-0.1, -0.05) is 26.0 Å². The third-order valence-corrected chi connectivity index (χ3v) is 5.79. The molecular formula is C25H20F2N2O4. The van der Waals surface area contributed by atoms with Gasteiger partial charge in [0.15, 0.2) is 5.78 Å². The lowest BCUT2D eigenvalue weighted by Crippen LogP contribution is -2.12. The van der Waals surface area contributed by atoms with E-state index >= 15 is 0 Å². The first-order valence-corrected chi connectivity index (χ1v) is 10.2. The van der Waals surface area contributed by atoms with Crippen LogP contribution in [0.3, 0.4) is 0 Å². The summed E-state index contributed by atoms with van der Waals surface area (Å²) < 4.78 is 34.5. The maximum absolute atomic E-state index is 14.4. The monoisotopic (exact) mass is 450 g/mol. The molecule has 2 aliphatic rings. The number of ketones is 1. The molecule has 2 aromatic carbocycles. The Kier molecular flexibility index (Phi) is 5.45. The lowest BCUT2D eigenvalue weighted by atomic mass is 9.88. The van der Waals surface area contributed by atoms with Crippen LogP contribution in [0.25, 0.3) is 33.4 Å². The molecule has 1 aliphatic carbocycles. The minimum absolute atomic E-state index is 0.103. The SMILES string of the molecule is CCC(C)C(=O)c1ccc(-c2c3cc(F)c(=N)cc-3oc3cc(N)c(F)cc23)c(C(=O)O)c1. The summed E-state index contributed by atoms with van der Waals surface area (Å²) >= 11 is 0. The van der Waals surface area contributed by atoms with Gasteiger partial charge < -0.3 is 15.3 Å². The average molecular weight is 450 g/mol. The highest BCUT2D eigenvalue weighted by atomic mass is 19.1. The van der Waals surface area contributed by atoms with E-state index in [1.54, 1.807) is 6.92 Å². The number of carboxylic acids is 1. The minimum Gasteiger partial charge on any atom is -0.478 e. The fraction of sp³-hybridized carbons (Fsp3) is 0.160. The summed E-state index contributed by atoms with van der Waals surface area (Å²) in [4.78, 5) is 24.8. The molecule has 1 unspecified atom stereocenters. The van der Waals surface area contributed by atoms with E-state index in [9.17, 15) is 23.5 Å². The number of nitrogens with two attached hydrogens (primary N) is 1. The van der Waals surface area contributed by atoms with Gasteiger partial charge in [0, 0.05) is 40.1 Å². The van der Waals surface area contributed by atoms with Gasteiger partial charge in [-0.15, -0.1) is 0 Å². The largest absolute Gasteiger partial charge is 0.478 e. The smallest absolute Gasteiger partial charge is 0.336 e. The molecule has 2 aromatic rings. The molecule has 0 amide bonds. The zero-order valence-electron chi connectivity index (χ0n) is 17.8. The number of aromatic carboxylic acids is 1. The number of carboxylic acid groups (broad SMARTS) is 1. The molecule has 1 heterocycles. The molecule has 0 radical (unpaired) electrons. The van der Waals surface area contributed by atoms with Crippen molar-refractivity contribution < 1.29 is 27.9 Å². The van der Waals surface area contributed by atoms with Gasteiger partial charge in [-0.2, -0.15) is 0 Å². The highest BCUT2D eigenvalue weighted by molar-refractivity contribution is 6.09. The summed E-state index contributed by atoms with van der Waals surface area (Å²) in [6.45, 7) is 3.61. The first kappa shape index (κ1) is 22.1. The van der Waals surface area contributed by atoms with Crippen LogP contribution >= 0.6 is 0 Å². The Hall–Kier alpha value is -4.07. The minimum atomic E-state index is -1.31. The molecule has 1 aliphatic heterocycles. The van der Waals surface area contributed by atoms with Gasteiger partial charge in [0.1, 0.15) is 23.0 Å². The van der Waals surface area contributed by atoms with Crippen LogP contribution in [0.4, 0.5) is 14.5 Å². The second kappa shape index (κ2) is 8.12. The number of fused-ring (bicyclic) bond motifs is 2. The Labute approximate surface area is 187 Å². The van der Waals surface area contributed by atoms with Crippen molar-refractivity contribution >= 4 is 28.4 Å². The lowest BCUT2D eigenvalue weighted by molar-refractivity contribution is 0.0697. The summed E-state index contributed by atoms with van der Waals surface area (Å²) in [5.41, 5.74) is 6.17. The van der Waals surface area contributed by atoms with Crippen LogP contribution in [0.2, 0.25) is 0 Å². The topological polar surface area (TPSA) is 117 Å². The number of nitrogens with one attached hydrogen (secondary N) is 1. The van der Waals surface area contributed by atoms with Crippen molar-refractivity contribution in [3.8, 4) is 22.5 Å². The number of carbonyl (C=O) groups is 2. The molecule has 0 spiro atoms. The van der Waals surface area contributed by atoms with E-state index in [0.717, 1.165) is 18.2 Å². The maximum atomic E-state index is 14.4. The normalized spacial score (nSPS) is 12.2. The van der Waals surface area contributed by atoms with Crippen LogP contribution in [0.15, 0.2) is 46.9 Å². The molecule has 0 saturated heterocycles. The van der Waals surface area contributed by atoms with E-state index in [4.69, 9.17) is 15.6 Å². The summed E-state index contributed by atoms with van der Waals surface area (Å²) in [5.74, 6) is -3.30. The predicted molar refractivity (Wildman–Crippen MR) is 119 cm³/mol. The van der Waals surface area contributed by atoms with E-state index in [1.165, 1.54) is 24.3 Å². The van der Waals surface area contributed by atoms with Gasteiger partial charge >= 0.3 is 5.97 Å². The van der Waals surface area contributed by atoms with Crippen molar-refractivity contribution in [2.24, 2.45) is 5.92 Å². The van der Waals surface area contributed by atoms with Crippen molar-refractivity contribution in [3.05, 3.63) is 70.6 Å². The molecule has 168 valence electrons. The molecule has 0 saturated carbocycles. The standard InChI is InChI=1S/C25H20F2N2O4/c1-3-11(2)24(30)12-4-5-13(14(6-12)25(31)32)23-15-7-17(26)19(28)9-21(15)33-22-10-20(29)18(27)8-16(22)23/h4-11,28H,3,29H2,1-2H3,(H,31,32). The van der Waals surface area contributed by atoms with Gasteiger partial charge in [-0.25, -0.2) is 13.6 Å². The Bertz CT molecular complexity index is 1480. The third kappa shape index (κ3) is 3.73. The van der Waals surface area contributed by atoms with Crippen LogP contribution in [0, 0.1) is 23.0 Å². The van der Waals surface area contributed by atoms with Gasteiger partial charge in [0.25, 0.3) is 0 Å². The van der Waals surface area contributed by atoms with E-state index in [-0.39, 0.29) is 61.9 Å². The highest BCUT2D eigenvalue weighted by Gasteiger charge is 2.25. The average Bonchev–Trinajstić information content (AvgIpc) is 2.78. The van der Waals surface area contributed by atoms with Crippen LogP contribution in [-0.4, -0.2) is 16.9 Å². The van der Waals surface area contributed by atoms with E-state index in [1.807, 2.05) is 6.92 Å². The Morgan fingerprint density at radius 2 is 1.82 bits per heavy atom. The van der Waals surface area contributed by atoms with E-state index in [0.29, 0.717) is 6.42 Å². The molecule has 4 N–H and O–H groups in total. The van der Waals surface area contributed by atoms with Crippen molar-refractivity contribution in [1.29, 1.82) is 5.41 Å². The van der Waals surface area contributed by atoms with Gasteiger partial charge in [0.2, 0.25) is 0 Å². The third-order valence-electron chi connectivity index (χ3n) is 5.79. The summed E-state index contributed by atoms with van der Waals surface area (Å²) in [5, 5.41) is 17.5. The molecule has 0 fully saturated rings. The maximum Gasteiger partial charge on any atom is 0.336 e. The molecule has 6 nitrogen and oxygen atoms in total. The Morgan fingerprint density at radius 1 is 1.09 bits per heavy atom. The van der Waals surface area contributed by atoms with Gasteiger partial charge in [0.05, 0.1) is 16.6 Å². The molecule has 0 bridgehead atoms. The Balaban J connectivity index is 2.13. The first-order chi connectivity index (χ1) is 15.6. The second-order valence-electron chi connectivity index (χ2n) is 7.91. The number of nitrogen functional groups attached to an aromatic ring is 1. The number of carbonyl (C=O) groups excluding carboxylic acids is 1. The fourth-order valence-corrected chi connectivity index (χ4v) is 3.80. The molecular weight excluding hydrogens is 430 g/mol. The van der Waals surface area contributed by atoms with E-state index < -0.39 is 23.0 Å². The molecule has 33 heavy (non-hydrogen) atoms. The van der Waals surface area contributed by atoms with Crippen molar-refractivity contribution in [2.45, 2.75) is 20.3 Å². The van der Waals surface area contributed by atoms with Crippen molar-refractivity contribution in [1.82, 2.24) is 0 Å². The van der Waals surface area contributed by atoms with Crippen LogP contribution in [-0.2, 0) is 0 Å². The van der Waals surface area contributed by atoms with Crippen molar-refractivity contribution in [2.75, 3.05) is 5.73 Å². The van der Waals surface area contributed by atoms with Gasteiger partial charge in [-0.05, 0) is 30.2 Å². The number of hydrogen-bond donors (Lipinski definition) is 3. The quantitative estimate of drug-likeness (QED) is 0.212. The number of anilines is 1. The van der Waals surface area contributed by atoms with Crippen molar-refractivity contribution in [3.63, 3.8) is 0 Å². The zero-order chi connectivity index (χ0) is 24.0. The zero-order valence-corrected chi connectivity index (χ0v) is 17.8. The number of benzene rings is 3. The van der Waals surface area contributed by atoms with Gasteiger partial charge in [-0.3, -0.25) is 10.2 Å². The fourth-order valence-electron chi connectivity index (χ4n) is 3.80. The number of rotatable bonds is 5. The highest BCUT2D eigenvalue weighted by Crippen LogP contribution is 2.42. The second-order valence-corrected chi connectivity index (χ2v) is 7.91. The van der Waals surface area contributed by atoms with Crippen LogP contribution in [0.1, 0.15) is 41.0 Å². The van der Waals surface area contributed by atoms with Crippen LogP contribution < -0.4 is 11.1 Å². The number of Topliss-reactive ketones (excluding diaryl/α,β-unsaturated/α-hetero) is 1. The van der Waals surface area contributed by atoms with Crippen LogP contribution in [0.5, 0.6) is 0 Å². The number of halogens is 2. The molecule has 0 aromatic heterocycles. The Morgan fingerprint density at radius 3 is 2.48 bits per heavy atom. The summed E-state index contributed by atoms with van der Waals surface area (Å²) in [7, 11) is 0. The molecule has 4 rings (SSSR count). The lowest BCUT2D eigenvalue weighted by Gasteiger charge is -2.18. The molecule has 8 heteroatoms. The van der Waals surface area contributed by atoms with E-state index in [2.05, 4.69) is 0 Å². The predicted octanol–water partition coefficient (Wildman–Crippen LogP) is 5.47. The first-order valence-electron chi connectivity index (χ1n) is 10.2. The number of hydrogen-bond acceptors (Lipinski definition) is 5. The summed E-state index contributed by atoms with van der Waals surface area (Å²) in [6.07, 6.45) is 0.591.